The third kappa shape index (κ3) is 4.18. The van der Waals surface area contributed by atoms with Gasteiger partial charge >= 0.3 is 0 Å². The first-order chi connectivity index (χ1) is 14.7. The van der Waals surface area contributed by atoms with Crippen molar-refractivity contribution in [1.29, 1.82) is 0 Å². The van der Waals surface area contributed by atoms with Crippen molar-refractivity contribution in [2.24, 2.45) is 23.2 Å². The Morgan fingerprint density at radius 3 is 2.16 bits per heavy atom. The first-order valence-corrected chi connectivity index (χ1v) is 12.0. The van der Waals surface area contributed by atoms with E-state index in [1.54, 1.807) is 17.3 Å². The van der Waals surface area contributed by atoms with Gasteiger partial charge in [0.25, 0.3) is 11.8 Å². The summed E-state index contributed by atoms with van der Waals surface area (Å²) >= 11 is 0. The molecule has 0 aromatic carbocycles. The summed E-state index contributed by atoms with van der Waals surface area (Å²) in [5.41, 5.74) is -0.0909. The van der Waals surface area contributed by atoms with Gasteiger partial charge in [-0.3, -0.25) is 14.4 Å². The van der Waals surface area contributed by atoms with Gasteiger partial charge in [-0.1, -0.05) is 6.92 Å². The van der Waals surface area contributed by atoms with E-state index in [4.69, 9.17) is 0 Å². The van der Waals surface area contributed by atoms with E-state index in [1.165, 1.54) is 38.5 Å². The molecular formula is C25H37N3O3. The molecule has 1 heterocycles. The highest BCUT2D eigenvalue weighted by Crippen LogP contribution is 2.60. The molecule has 1 N–H and O–H groups in total. The Kier molecular flexibility index (Phi) is 6.01. The quantitative estimate of drug-likeness (QED) is 0.718. The number of nitrogens with zero attached hydrogens (tertiary/aromatic N) is 2. The fraction of sp³-hybridized carbons (Fsp3) is 0.720. The van der Waals surface area contributed by atoms with Crippen molar-refractivity contribution in [1.82, 2.24) is 14.8 Å². The predicted octanol–water partition coefficient (Wildman–Crippen LogP) is 3.86. The van der Waals surface area contributed by atoms with E-state index in [9.17, 15) is 14.4 Å². The maximum absolute atomic E-state index is 13.5. The second-order valence-electron chi connectivity index (χ2n) is 10.6. The summed E-state index contributed by atoms with van der Waals surface area (Å²) in [6.45, 7) is 7.04. The van der Waals surface area contributed by atoms with Crippen LogP contribution >= 0.6 is 0 Å². The molecule has 4 aliphatic rings. The number of amides is 2. The largest absolute Gasteiger partial charge is 0.352 e. The standard InChI is InChI=1S/C25H37N3O3/c1-5-16(3)28-13-20(23(30)26-6-2)22(29)21(14-28)24(31)27(4)15-25-10-17-7-18(11-25)9-19(8-17)12-25/h13-14,16-19H,5-12,15H2,1-4H3,(H,26,30)/t16-,17?,18?,19?,25?/m1/s1. The molecule has 0 spiro atoms. The number of carbonyl (C=O) groups excluding carboxylic acids is 2. The Balaban J connectivity index is 1.62. The molecule has 0 unspecified atom stereocenters. The third-order valence-corrected chi connectivity index (χ3v) is 8.04. The molecule has 6 nitrogen and oxygen atoms in total. The number of carbonyl (C=O) groups is 2. The fourth-order valence-corrected chi connectivity index (χ4v) is 6.90. The molecule has 4 bridgehead atoms. The van der Waals surface area contributed by atoms with Gasteiger partial charge in [0.1, 0.15) is 11.1 Å². The highest BCUT2D eigenvalue weighted by molar-refractivity contribution is 5.99. The fourth-order valence-electron chi connectivity index (χ4n) is 6.90. The van der Waals surface area contributed by atoms with E-state index in [1.807, 2.05) is 25.5 Å². The van der Waals surface area contributed by atoms with E-state index in [-0.39, 0.29) is 28.5 Å². The van der Waals surface area contributed by atoms with Crippen molar-refractivity contribution in [3.63, 3.8) is 0 Å². The van der Waals surface area contributed by atoms with Crippen molar-refractivity contribution in [3.8, 4) is 0 Å². The van der Waals surface area contributed by atoms with E-state index in [0.717, 1.165) is 24.2 Å². The predicted molar refractivity (Wildman–Crippen MR) is 121 cm³/mol. The molecule has 0 radical (unpaired) electrons. The van der Waals surface area contributed by atoms with E-state index in [0.29, 0.717) is 13.1 Å². The molecule has 2 amide bonds. The number of pyridine rings is 1. The molecule has 4 aliphatic carbocycles. The van der Waals surface area contributed by atoms with Crippen LogP contribution in [-0.4, -0.2) is 41.4 Å². The van der Waals surface area contributed by atoms with Crippen LogP contribution in [0.2, 0.25) is 0 Å². The van der Waals surface area contributed by atoms with Gasteiger partial charge in [0, 0.05) is 38.6 Å². The van der Waals surface area contributed by atoms with Crippen molar-refractivity contribution in [2.75, 3.05) is 20.1 Å². The summed E-state index contributed by atoms with van der Waals surface area (Å²) < 4.78 is 1.85. The summed E-state index contributed by atoms with van der Waals surface area (Å²) in [5, 5.41) is 2.71. The van der Waals surface area contributed by atoms with Gasteiger partial charge in [0.15, 0.2) is 0 Å². The van der Waals surface area contributed by atoms with E-state index < -0.39 is 11.3 Å². The average molecular weight is 428 g/mol. The first kappa shape index (κ1) is 22.1. The zero-order valence-electron chi connectivity index (χ0n) is 19.4. The van der Waals surface area contributed by atoms with Crippen molar-refractivity contribution in [3.05, 3.63) is 33.7 Å². The molecule has 5 rings (SSSR count). The molecular weight excluding hydrogens is 390 g/mol. The molecule has 1 aromatic rings. The van der Waals surface area contributed by atoms with Gasteiger partial charge in [-0.25, -0.2) is 0 Å². The minimum absolute atomic E-state index is 0.0520. The minimum Gasteiger partial charge on any atom is -0.352 e. The van der Waals surface area contributed by atoms with Crippen LogP contribution in [0.3, 0.4) is 0 Å². The van der Waals surface area contributed by atoms with Crippen LogP contribution in [-0.2, 0) is 0 Å². The molecule has 31 heavy (non-hydrogen) atoms. The zero-order valence-corrected chi connectivity index (χ0v) is 19.4. The lowest BCUT2D eigenvalue weighted by molar-refractivity contribution is -0.0629. The SMILES string of the molecule is CCNC(=O)c1cn([C@H](C)CC)cc(C(=O)N(C)CC23CC4CC(CC(C4)C2)C3)c1=O. The van der Waals surface area contributed by atoms with E-state index in [2.05, 4.69) is 12.2 Å². The van der Waals surface area contributed by atoms with Crippen LogP contribution in [0, 0.1) is 23.2 Å². The Morgan fingerprint density at radius 2 is 1.65 bits per heavy atom. The third-order valence-electron chi connectivity index (χ3n) is 8.04. The average Bonchev–Trinajstić information content (AvgIpc) is 2.71. The normalized spacial score (nSPS) is 29.6. The van der Waals surface area contributed by atoms with E-state index >= 15 is 0 Å². The second-order valence-corrected chi connectivity index (χ2v) is 10.6. The lowest BCUT2D eigenvalue weighted by Gasteiger charge is -2.57. The Hall–Kier alpha value is -2.11. The lowest BCUT2D eigenvalue weighted by atomic mass is 9.49. The molecule has 4 fully saturated rings. The highest BCUT2D eigenvalue weighted by Gasteiger charge is 2.51. The van der Waals surface area contributed by atoms with Gasteiger partial charge in [-0.2, -0.15) is 0 Å². The maximum atomic E-state index is 13.5. The van der Waals surface area contributed by atoms with Crippen molar-refractivity contribution < 1.29 is 9.59 Å². The Bertz CT molecular complexity index is 884. The number of hydrogen-bond acceptors (Lipinski definition) is 3. The molecule has 4 saturated carbocycles. The first-order valence-electron chi connectivity index (χ1n) is 12.0. The Labute approximate surface area is 185 Å². The maximum Gasteiger partial charge on any atom is 0.259 e. The van der Waals surface area contributed by atoms with Crippen LogP contribution in [0.4, 0.5) is 0 Å². The van der Waals surface area contributed by atoms with Crippen molar-refractivity contribution in [2.45, 2.75) is 71.8 Å². The summed E-state index contributed by atoms with van der Waals surface area (Å²) in [6.07, 6.45) is 11.8. The van der Waals surface area contributed by atoms with Crippen LogP contribution in [0.5, 0.6) is 0 Å². The van der Waals surface area contributed by atoms with Gasteiger partial charge < -0.3 is 14.8 Å². The minimum atomic E-state index is -0.465. The summed E-state index contributed by atoms with van der Waals surface area (Å²) in [6, 6.07) is 0.0915. The molecule has 0 aliphatic heterocycles. The molecule has 6 heteroatoms. The zero-order chi connectivity index (χ0) is 22.3. The van der Waals surface area contributed by atoms with Crippen LogP contribution < -0.4 is 10.7 Å². The lowest BCUT2D eigenvalue weighted by Crippen LogP contribution is -2.51. The topological polar surface area (TPSA) is 71.4 Å². The molecule has 1 atom stereocenters. The Morgan fingerprint density at radius 1 is 1.10 bits per heavy atom. The summed E-state index contributed by atoms with van der Waals surface area (Å²) in [4.78, 5) is 40.9. The van der Waals surface area contributed by atoms with Crippen LogP contribution in [0.15, 0.2) is 17.2 Å². The number of rotatable bonds is 7. The highest BCUT2D eigenvalue weighted by atomic mass is 16.2. The molecule has 1 aromatic heterocycles. The molecule has 0 saturated heterocycles. The van der Waals surface area contributed by atoms with Crippen molar-refractivity contribution >= 4 is 11.8 Å². The second kappa shape index (κ2) is 8.44. The van der Waals surface area contributed by atoms with Gasteiger partial charge in [0.05, 0.1) is 0 Å². The smallest absolute Gasteiger partial charge is 0.259 e. The number of hydrogen-bond donors (Lipinski definition) is 1. The van der Waals surface area contributed by atoms with Gasteiger partial charge in [-0.05, 0) is 82.0 Å². The summed E-state index contributed by atoms with van der Waals surface area (Å²) in [5.74, 6) is 1.78. The number of nitrogens with one attached hydrogen (secondary N) is 1. The van der Waals surface area contributed by atoms with Gasteiger partial charge in [-0.15, -0.1) is 0 Å². The molecule has 170 valence electrons. The summed E-state index contributed by atoms with van der Waals surface area (Å²) in [7, 11) is 1.83. The monoisotopic (exact) mass is 427 g/mol. The van der Waals surface area contributed by atoms with Crippen LogP contribution in [0.1, 0.15) is 92.5 Å². The van der Waals surface area contributed by atoms with Crippen LogP contribution in [0.25, 0.3) is 0 Å². The van der Waals surface area contributed by atoms with Gasteiger partial charge in [0.2, 0.25) is 5.43 Å². The number of aromatic nitrogens is 1.